The van der Waals surface area contributed by atoms with E-state index >= 15 is 0 Å². The largest absolute Gasteiger partial charge is 0.377 e. The zero-order valence-electron chi connectivity index (χ0n) is 14.0. The van der Waals surface area contributed by atoms with Gasteiger partial charge in [-0.2, -0.15) is 5.26 Å². The van der Waals surface area contributed by atoms with E-state index in [1.165, 1.54) is 32.2 Å². The van der Waals surface area contributed by atoms with Crippen LogP contribution in [0.3, 0.4) is 0 Å². The highest BCUT2D eigenvalue weighted by Crippen LogP contribution is 2.26. The molecule has 21 heavy (non-hydrogen) atoms. The van der Waals surface area contributed by atoms with Gasteiger partial charge in [0.1, 0.15) is 5.54 Å². The molecule has 1 saturated heterocycles. The molecule has 120 valence electrons. The highest BCUT2D eigenvalue weighted by molar-refractivity contribution is 5.06. The molecule has 0 aromatic rings. The second kappa shape index (κ2) is 7.09. The van der Waals surface area contributed by atoms with Gasteiger partial charge in [0.2, 0.25) is 0 Å². The van der Waals surface area contributed by atoms with E-state index in [1.54, 1.807) is 0 Å². The molecule has 0 bridgehead atoms. The van der Waals surface area contributed by atoms with Gasteiger partial charge in [-0.1, -0.05) is 0 Å². The molecule has 1 N–H and O–H groups in total. The average molecular weight is 293 g/mol. The first kappa shape index (κ1) is 16.7. The molecule has 2 unspecified atom stereocenters. The molecular formula is C17H31N3O. The van der Waals surface area contributed by atoms with Crippen molar-refractivity contribution in [3.05, 3.63) is 0 Å². The van der Waals surface area contributed by atoms with E-state index in [9.17, 15) is 5.26 Å². The first-order chi connectivity index (χ1) is 9.99. The Hall–Kier alpha value is -0.630. The quantitative estimate of drug-likeness (QED) is 0.699. The van der Waals surface area contributed by atoms with Gasteiger partial charge in [0, 0.05) is 19.7 Å². The lowest BCUT2D eigenvalue weighted by molar-refractivity contribution is -0.0508. The minimum atomic E-state index is -0.329. The molecule has 0 spiro atoms. The number of methoxy groups -OCH3 is 1. The van der Waals surface area contributed by atoms with Crippen molar-refractivity contribution in [3.63, 3.8) is 0 Å². The van der Waals surface area contributed by atoms with Crippen molar-refractivity contribution in [2.24, 2.45) is 0 Å². The second-order valence-electron chi connectivity index (χ2n) is 7.35. The fourth-order valence-electron chi connectivity index (χ4n) is 3.32. The van der Waals surface area contributed by atoms with Crippen molar-refractivity contribution in [2.75, 3.05) is 26.7 Å². The Balaban J connectivity index is 1.65. The van der Waals surface area contributed by atoms with E-state index in [-0.39, 0.29) is 11.1 Å². The first-order valence-corrected chi connectivity index (χ1v) is 8.45. The fraction of sp³-hybridized carbons (Fsp3) is 0.941. The van der Waals surface area contributed by atoms with E-state index in [0.29, 0.717) is 6.04 Å². The highest BCUT2D eigenvalue weighted by Gasteiger charge is 2.32. The molecule has 0 amide bonds. The molecule has 2 fully saturated rings. The minimum Gasteiger partial charge on any atom is -0.377 e. The Bertz CT molecular complexity index is 377. The van der Waals surface area contributed by atoms with Crippen molar-refractivity contribution < 1.29 is 4.74 Å². The van der Waals surface area contributed by atoms with Crippen LogP contribution in [0.4, 0.5) is 0 Å². The van der Waals surface area contributed by atoms with Gasteiger partial charge in [-0.3, -0.25) is 5.32 Å². The first-order valence-electron chi connectivity index (χ1n) is 8.45. The van der Waals surface area contributed by atoms with Gasteiger partial charge in [-0.15, -0.1) is 0 Å². The number of nitrogens with zero attached hydrogens (tertiary/aromatic N) is 2. The maximum atomic E-state index is 9.37. The highest BCUT2D eigenvalue weighted by atomic mass is 16.5. The van der Waals surface area contributed by atoms with Gasteiger partial charge in [-0.05, 0) is 71.9 Å². The molecule has 0 aromatic heterocycles. The van der Waals surface area contributed by atoms with Gasteiger partial charge >= 0.3 is 0 Å². The number of nitriles is 1. The number of hydrogen-bond donors (Lipinski definition) is 1. The van der Waals surface area contributed by atoms with Gasteiger partial charge in [0.25, 0.3) is 0 Å². The smallest absolute Gasteiger partial charge is 0.104 e. The summed E-state index contributed by atoms with van der Waals surface area (Å²) in [6.45, 7) is 7.62. The number of piperidine rings is 1. The standard InChI is InChI=1S/C17H31N3O/c1-16(13-18,19-15-7-8-15)9-4-5-11-20-12-6-10-17(2,14-20)21-3/h15,19H,4-12,14H2,1-3H3. The van der Waals surface area contributed by atoms with Crippen molar-refractivity contribution >= 4 is 0 Å². The summed E-state index contributed by atoms with van der Waals surface area (Å²) in [5, 5.41) is 12.9. The second-order valence-corrected chi connectivity index (χ2v) is 7.35. The molecule has 1 saturated carbocycles. The molecule has 0 radical (unpaired) electrons. The predicted molar refractivity (Wildman–Crippen MR) is 85.1 cm³/mol. The van der Waals surface area contributed by atoms with E-state index < -0.39 is 0 Å². The Morgan fingerprint density at radius 1 is 1.43 bits per heavy atom. The summed E-state index contributed by atoms with van der Waals surface area (Å²) >= 11 is 0. The van der Waals surface area contributed by atoms with Crippen LogP contribution in [0.1, 0.15) is 58.8 Å². The summed E-state index contributed by atoms with van der Waals surface area (Å²) < 4.78 is 5.64. The van der Waals surface area contributed by atoms with Crippen LogP contribution in [-0.4, -0.2) is 48.8 Å². The molecule has 4 heteroatoms. The SMILES string of the molecule is COC1(C)CCCN(CCCCC(C)(C#N)NC2CC2)C1. The summed E-state index contributed by atoms with van der Waals surface area (Å²) in [6.07, 6.45) is 8.10. The van der Waals surface area contributed by atoms with Gasteiger partial charge < -0.3 is 9.64 Å². The van der Waals surface area contributed by atoms with Gasteiger partial charge in [0.15, 0.2) is 0 Å². The average Bonchev–Trinajstić information content (AvgIpc) is 3.28. The van der Waals surface area contributed by atoms with Crippen LogP contribution in [0, 0.1) is 11.3 Å². The molecule has 0 aromatic carbocycles. The van der Waals surface area contributed by atoms with E-state index in [4.69, 9.17) is 4.74 Å². The van der Waals surface area contributed by atoms with Crippen LogP contribution in [0.25, 0.3) is 0 Å². The summed E-state index contributed by atoms with van der Waals surface area (Å²) in [5.74, 6) is 0. The lowest BCUT2D eigenvalue weighted by Gasteiger charge is -2.39. The summed E-state index contributed by atoms with van der Waals surface area (Å²) in [4.78, 5) is 2.52. The molecular weight excluding hydrogens is 262 g/mol. The topological polar surface area (TPSA) is 48.3 Å². The zero-order chi connectivity index (χ0) is 15.3. The summed E-state index contributed by atoms with van der Waals surface area (Å²) in [7, 11) is 1.82. The number of hydrogen-bond acceptors (Lipinski definition) is 4. The van der Waals surface area contributed by atoms with E-state index in [2.05, 4.69) is 23.2 Å². The van der Waals surface area contributed by atoms with Crippen molar-refractivity contribution in [1.29, 1.82) is 5.26 Å². The fourth-order valence-corrected chi connectivity index (χ4v) is 3.32. The third-order valence-electron chi connectivity index (χ3n) is 4.98. The molecule has 2 atom stereocenters. The third kappa shape index (κ3) is 5.25. The predicted octanol–water partition coefficient (Wildman–Crippen LogP) is 2.69. The van der Waals surface area contributed by atoms with Crippen LogP contribution < -0.4 is 5.32 Å². The Morgan fingerprint density at radius 3 is 2.81 bits per heavy atom. The molecule has 1 aliphatic heterocycles. The normalized spacial score (nSPS) is 29.8. The van der Waals surface area contributed by atoms with Crippen molar-refractivity contribution in [3.8, 4) is 6.07 Å². The van der Waals surface area contributed by atoms with E-state index in [1.807, 2.05) is 14.0 Å². The van der Waals surface area contributed by atoms with E-state index in [0.717, 1.165) is 32.4 Å². The maximum Gasteiger partial charge on any atom is 0.104 e. The van der Waals surface area contributed by atoms with Crippen molar-refractivity contribution in [1.82, 2.24) is 10.2 Å². The van der Waals surface area contributed by atoms with Crippen molar-refractivity contribution in [2.45, 2.75) is 76.0 Å². The summed E-state index contributed by atoms with van der Waals surface area (Å²) in [6, 6.07) is 3.06. The van der Waals surface area contributed by atoms with Gasteiger partial charge in [0.05, 0.1) is 11.7 Å². The number of rotatable bonds is 8. The number of ether oxygens (including phenoxy) is 1. The Morgan fingerprint density at radius 2 is 2.19 bits per heavy atom. The van der Waals surface area contributed by atoms with Crippen LogP contribution >= 0.6 is 0 Å². The number of nitrogens with one attached hydrogen (secondary N) is 1. The molecule has 4 nitrogen and oxygen atoms in total. The lowest BCUT2D eigenvalue weighted by Crippen LogP contribution is -2.47. The number of unbranched alkanes of at least 4 members (excludes halogenated alkanes) is 1. The van der Waals surface area contributed by atoms with Crippen LogP contribution in [-0.2, 0) is 4.74 Å². The van der Waals surface area contributed by atoms with Gasteiger partial charge in [-0.25, -0.2) is 0 Å². The van der Waals surface area contributed by atoms with Crippen LogP contribution in [0.15, 0.2) is 0 Å². The maximum absolute atomic E-state index is 9.37. The Kier molecular flexibility index (Phi) is 5.65. The minimum absolute atomic E-state index is 0.0347. The lowest BCUT2D eigenvalue weighted by atomic mass is 9.93. The van der Waals surface area contributed by atoms with Crippen LogP contribution in [0.5, 0.6) is 0 Å². The molecule has 1 aliphatic carbocycles. The third-order valence-corrected chi connectivity index (χ3v) is 4.98. The molecule has 2 rings (SSSR count). The summed E-state index contributed by atoms with van der Waals surface area (Å²) in [5.41, 5.74) is -0.295. The number of likely N-dealkylation sites (tertiary alicyclic amines) is 1. The molecule has 2 aliphatic rings. The van der Waals surface area contributed by atoms with Crippen LogP contribution in [0.2, 0.25) is 0 Å². The monoisotopic (exact) mass is 293 g/mol. The Labute approximate surface area is 129 Å². The zero-order valence-corrected chi connectivity index (χ0v) is 14.0. The molecule has 1 heterocycles.